The van der Waals surface area contributed by atoms with E-state index in [9.17, 15) is 0 Å². The van der Waals surface area contributed by atoms with Gasteiger partial charge in [-0.1, -0.05) is 0 Å². The van der Waals surface area contributed by atoms with Crippen LogP contribution in [0.4, 0.5) is 0 Å². The van der Waals surface area contributed by atoms with Gasteiger partial charge in [0.1, 0.15) is 0 Å². The fourth-order valence-electron chi connectivity index (χ4n) is 0. The van der Waals surface area contributed by atoms with Gasteiger partial charge in [-0.3, -0.25) is 4.57 Å². The topological polar surface area (TPSA) is 17.1 Å². The fourth-order valence-corrected chi connectivity index (χ4v) is 0. The van der Waals surface area contributed by atoms with E-state index in [1.165, 1.54) is 0 Å². The molecule has 28 valence electrons. The van der Waals surface area contributed by atoms with E-state index in [2.05, 4.69) is 0 Å². The van der Waals surface area contributed by atoms with Gasteiger partial charge in [0.25, 0.3) is 0 Å². The van der Waals surface area contributed by atoms with Gasteiger partial charge in [0, 0.05) is 20.4 Å². The van der Waals surface area contributed by atoms with Gasteiger partial charge < -0.3 is 0 Å². The molecule has 0 aromatic carbocycles. The Labute approximate surface area is 42.5 Å². The molecule has 0 aromatic rings. The molecule has 1 unspecified atom stereocenters. The molecule has 0 radical (unpaired) electrons. The molecule has 1 nitrogen and oxygen atoms in total. The summed E-state index contributed by atoms with van der Waals surface area (Å²) in [7, 11) is 2.08. The monoisotopic (exact) mass is 186 g/mol. The van der Waals surface area contributed by atoms with Crippen molar-refractivity contribution < 1.29 is 25.0 Å². The minimum atomic E-state index is 0. The van der Waals surface area contributed by atoms with E-state index in [0.29, 0.717) is 0 Å². The van der Waals surface area contributed by atoms with Gasteiger partial charge in [-0.15, -0.1) is 0 Å². The van der Waals surface area contributed by atoms with Crippen molar-refractivity contribution in [2.45, 2.75) is 0 Å². The molecule has 0 aromatic heterocycles. The molecule has 4 heteroatoms. The first kappa shape index (κ1) is 8.95. The molecule has 1 atom stereocenters. The van der Waals surface area contributed by atoms with Crippen molar-refractivity contribution in [2.24, 2.45) is 0 Å². The summed E-state index contributed by atoms with van der Waals surface area (Å²) in [6, 6.07) is 0. The van der Waals surface area contributed by atoms with Crippen LogP contribution in [-0.2, 0) is 25.0 Å². The summed E-state index contributed by atoms with van der Waals surface area (Å²) in [5.74, 6) is 0. The SMILES string of the molecule is O=PP.[Pd]. The smallest absolute Gasteiger partial charge is 0.174 e. The summed E-state index contributed by atoms with van der Waals surface area (Å²) >= 11 is 0. The molecule has 4 heavy (non-hydrogen) atoms. The van der Waals surface area contributed by atoms with Crippen LogP contribution in [0.3, 0.4) is 0 Å². The van der Waals surface area contributed by atoms with Crippen LogP contribution in [0.25, 0.3) is 0 Å². The van der Waals surface area contributed by atoms with Crippen molar-refractivity contribution >= 4 is 17.1 Å². The van der Waals surface area contributed by atoms with E-state index in [1.807, 2.05) is 8.93 Å². The molecule has 0 saturated heterocycles. The molecular formula is H2OP2Pd. The Morgan fingerprint density at radius 3 is 1.75 bits per heavy atom. The third kappa shape index (κ3) is 10.8. The van der Waals surface area contributed by atoms with E-state index in [0.717, 1.165) is 0 Å². The molecule has 0 rings (SSSR count). The van der Waals surface area contributed by atoms with Gasteiger partial charge in [0.15, 0.2) is 8.15 Å². The maximum Gasteiger partial charge on any atom is 0.174 e. The Hall–Kier alpha value is 1.19. The van der Waals surface area contributed by atoms with Crippen LogP contribution in [0.5, 0.6) is 0 Å². The van der Waals surface area contributed by atoms with Crippen molar-refractivity contribution in [3.8, 4) is 0 Å². The van der Waals surface area contributed by atoms with Crippen LogP contribution >= 0.6 is 17.1 Å². The summed E-state index contributed by atoms with van der Waals surface area (Å²) in [5.41, 5.74) is 0. The minimum absolute atomic E-state index is 0. The zero-order valence-corrected chi connectivity index (χ0v) is 5.35. The van der Waals surface area contributed by atoms with E-state index in [-0.39, 0.29) is 28.6 Å². The van der Waals surface area contributed by atoms with Crippen LogP contribution in [0.2, 0.25) is 0 Å². The van der Waals surface area contributed by atoms with Crippen LogP contribution < -0.4 is 0 Å². The maximum absolute atomic E-state index is 8.87. The molecule has 0 saturated carbocycles. The predicted molar refractivity (Wildman–Crippen MR) is 17.3 cm³/mol. The Balaban J connectivity index is 0. The zero-order chi connectivity index (χ0) is 2.71. The molecule has 0 aliphatic rings. The average Bonchev–Trinajstić information content (AvgIpc) is 0.918. The van der Waals surface area contributed by atoms with Gasteiger partial charge in [-0.2, -0.15) is 0 Å². The van der Waals surface area contributed by atoms with Crippen molar-refractivity contribution in [2.75, 3.05) is 0 Å². The van der Waals surface area contributed by atoms with Gasteiger partial charge in [0.2, 0.25) is 0 Å². The molecule has 0 fully saturated rings. The Morgan fingerprint density at radius 1 is 1.75 bits per heavy atom. The van der Waals surface area contributed by atoms with Crippen LogP contribution in [0.1, 0.15) is 0 Å². The second-order valence-electron chi connectivity index (χ2n) is 0.105. The standard InChI is InChI=1S/H2OP2.Pd/c1-3-2;/h2H2;. The van der Waals surface area contributed by atoms with Crippen molar-refractivity contribution in [1.82, 2.24) is 0 Å². The largest absolute Gasteiger partial charge is 0.271 e. The summed E-state index contributed by atoms with van der Waals surface area (Å²) in [4.78, 5) is 0. The van der Waals surface area contributed by atoms with Crippen LogP contribution in [-0.4, -0.2) is 0 Å². The second kappa shape index (κ2) is 8.89. The molecule has 0 aliphatic carbocycles. The van der Waals surface area contributed by atoms with Gasteiger partial charge in [0.05, 0.1) is 0 Å². The third-order valence-corrected chi connectivity index (χ3v) is 0. The number of hydrogen-bond acceptors (Lipinski definition) is 1. The Kier molecular flexibility index (Phi) is 19.9. The van der Waals surface area contributed by atoms with Crippen molar-refractivity contribution in [3.63, 3.8) is 0 Å². The van der Waals surface area contributed by atoms with E-state index in [4.69, 9.17) is 4.57 Å². The summed E-state index contributed by atoms with van der Waals surface area (Å²) in [6.07, 6.45) is 0. The Bertz CT molecular complexity index is 13.5. The van der Waals surface area contributed by atoms with Gasteiger partial charge in [-0.05, 0) is 8.93 Å². The molecule has 0 bridgehead atoms. The second-order valence-corrected chi connectivity index (χ2v) is 0.949. The van der Waals surface area contributed by atoms with E-state index < -0.39 is 0 Å². The quantitative estimate of drug-likeness (QED) is 0.408. The van der Waals surface area contributed by atoms with Crippen LogP contribution in [0, 0.1) is 0 Å². The van der Waals surface area contributed by atoms with E-state index in [1.54, 1.807) is 0 Å². The zero-order valence-electron chi connectivity index (χ0n) is 1.75. The number of hydrogen-bond donors (Lipinski definition) is 0. The molecule has 0 N–H and O–H groups in total. The fraction of sp³-hybridized carbons (Fsp3) is 0. The first-order valence-electron chi connectivity index (χ1n) is 0.441. The van der Waals surface area contributed by atoms with Gasteiger partial charge in [-0.25, -0.2) is 0 Å². The molecule has 0 spiro atoms. The van der Waals surface area contributed by atoms with Gasteiger partial charge >= 0.3 is 0 Å². The Morgan fingerprint density at radius 2 is 1.75 bits per heavy atom. The summed E-state index contributed by atoms with van der Waals surface area (Å²) in [5, 5.41) is 0. The van der Waals surface area contributed by atoms with Crippen molar-refractivity contribution in [1.29, 1.82) is 0 Å². The summed E-state index contributed by atoms with van der Waals surface area (Å²) in [6.45, 7) is 0. The molecule has 0 aliphatic heterocycles. The normalized spacial score (nSPS) is 5.25. The summed E-state index contributed by atoms with van der Waals surface area (Å²) < 4.78 is 8.87. The van der Waals surface area contributed by atoms with Crippen LogP contribution in [0.15, 0.2) is 0 Å². The third-order valence-electron chi connectivity index (χ3n) is 0. The van der Waals surface area contributed by atoms with Crippen molar-refractivity contribution in [3.05, 3.63) is 0 Å². The minimum Gasteiger partial charge on any atom is -0.271 e. The molecule has 0 amide bonds. The first-order valence-corrected chi connectivity index (χ1v) is 2.87. The number of rotatable bonds is 0. The molecule has 0 heterocycles. The predicted octanol–water partition coefficient (Wildman–Crippen LogP) is 1.07. The maximum atomic E-state index is 8.87. The molecular weight excluding hydrogens is 184 g/mol. The average molecular weight is 186 g/mol. The first-order chi connectivity index (χ1) is 1.41. The van der Waals surface area contributed by atoms with E-state index >= 15 is 0 Å².